The van der Waals surface area contributed by atoms with E-state index in [9.17, 15) is 13.2 Å². The van der Waals surface area contributed by atoms with Crippen LogP contribution in [-0.4, -0.2) is 23.7 Å². The van der Waals surface area contributed by atoms with Crippen molar-refractivity contribution in [2.75, 3.05) is 6.54 Å². The van der Waals surface area contributed by atoms with E-state index in [1.807, 2.05) is 36.4 Å². The highest BCUT2D eigenvalue weighted by Crippen LogP contribution is 2.38. The number of piperidine rings is 1. The molecule has 1 fully saturated rings. The minimum Gasteiger partial charge on any atom is -0.285 e. The van der Waals surface area contributed by atoms with Crippen LogP contribution in [-0.2, 0) is 0 Å². The predicted octanol–water partition coefficient (Wildman–Crippen LogP) is 3.91. The average Bonchev–Trinajstić information content (AvgIpc) is 2.46. The topological polar surface area (TPSA) is 27.0 Å². The van der Waals surface area contributed by atoms with Gasteiger partial charge >= 0.3 is 6.18 Å². The van der Waals surface area contributed by atoms with Gasteiger partial charge in [0.05, 0.1) is 6.07 Å². The molecule has 1 aliphatic heterocycles. The van der Waals surface area contributed by atoms with Gasteiger partial charge in [-0.25, -0.2) is 0 Å². The van der Waals surface area contributed by atoms with Crippen molar-refractivity contribution in [1.82, 2.24) is 4.90 Å². The Kier molecular flexibility index (Phi) is 4.34. The Labute approximate surface area is 116 Å². The van der Waals surface area contributed by atoms with E-state index < -0.39 is 18.1 Å². The molecule has 0 amide bonds. The van der Waals surface area contributed by atoms with Crippen molar-refractivity contribution in [1.29, 1.82) is 5.26 Å². The predicted molar refractivity (Wildman–Crippen MR) is 69.7 cm³/mol. The number of rotatable bonds is 2. The van der Waals surface area contributed by atoms with Crippen LogP contribution in [0.25, 0.3) is 0 Å². The van der Waals surface area contributed by atoms with Crippen LogP contribution in [0.15, 0.2) is 30.3 Å². The fraction of sp³-hybridized carbons (Fsp3) is 0.533. The highest BCUT2D eigenvalue weighted by Gasteiger charge is 2.48. The first-order valence-corrected chi connectivity index (χ1v) is 6.70. The smallest absolute Gasteiger partial charge is 0.285 e. The van der Waals surface area contributed by atoms with E-state index in [0.717, 1.165) is 5.56 Å². The number of alkyl halides is 3. The van der Waals surface area contributed by atoms with E-state index in [4.69, 9.17) is 5.26 Å². The number of hydrogen-bond donors (Lipinski definition) is 0. The minimum atomic E-state index is -4.29. The van der Waals surface area contributed by atoms with Gasteiger partial charge < -0.3 is 0 Å². The minimum absolute atomic E-state index is 0.128. The molecule has 0 bridgehead atoms. The van der Waals surface area contributed by atoms with E-state index >= 15 is 0 Å². The summed E-state index contributed by atoms with van der Waals surface area (Å²) in [6.07, 6.45) is -3.92. The van der Waals surface area contributed by atoms with Gasteiger partial charge in [0.15, 0.2) is 0 Å². The van der Waals surface area contributed by atoms with E-state index in [1.54, 1.807) is 6.92 Å². The van der Waals surface area contributed by atoms with Crippen molar-refractivity contribution in [3.05, 3.63) is 35.9 Å². The zero-order chi connectivity index (χ0) is 14.8. The summed E-state index contributed by atoms with van der Waals surface area (Å²) in [6, 6.07) is 9.33. The lowest BCUT2D eigenvalue weighted by Gasteiger charge is -2.42. The molecule has 108 valence electrons. The van der Waals surface area contributed by atoms with Crippen molar-refractivity contribution in [3.8, 4) is 6.07 Å². The van der Waals surface area contributed by atoms with Crippen molar-refractivity contribution >= 4 is 0 Å². The largest absolute Gasteiger partial charge is 0.404 e. The fourth-order valence-corrected chi connectivity index (χ4v) is 2.81. The molecule has 1 aromatic rings. The Morgan fingerprint density at radius 3 is 2.50 bits per heavy atom. The zero-order valence-electron chi connectivity index (χ0n) is 11.3. The second kappa shape index (κ2) is 5.84. The van der Waals surface area contributed by atoms with Crippen molar-refractivity contribution in [2.45, 2.75) is 38.0 Å². The van der Waals surface area contributed by atoms with Crippen LogP contribution < -0.4 is 0 Å². The highest BCUT2D eigenvalue weighted by molar-refractivity contribution is 5.19. The monoisotopic (exact) mass is 282 g/mol. The first kappa shape index (κ1) is 14.9. The Morgan fingerprint density at radius 2 is 1.95 bits per heavy atom. The number of benzene rings is 1. The van der Waals surface area contributed by atoms with E-state index in [0.29, 0.717) is 13.0 Å². The van der Waals surface area contributed by atoms with Gasteiger partial charge in [-0.05, 0) is 25.3 Å². The maximum Gasteiger partial charge on any atom is 0.404 e. The Bertz CT molecular complexity index is 478. The van der Waals surface area contributed by atoms with E-state index in [2.05, 4.69) is 0 Å². The second-order valence-corrected chi connectivity index (χ2v) is 5.23. The van der Waals surface area contributed by atoms with Gasteiger partial charge in [0.2, 0.25) is 0 Å². The summed E-state index contributed by atoms with van der Waals surface area (Å²) in [5, 5.41) is 8.88. The first-order valence-electron chi connectivity index (χ1n) is 6.70. The number of nitriles is 1. The van der Waals surface area contributed by atoms with E-state index in [1.165, 1.54) is 4.90 Å². The maximum absolute atomic E-state index is 13.2. The molecule has 1 aliphatic rings. The quantitative estimate of drug-likeness (QED) is 0.822. The summed E-state index contributed by atoms with van der Waals surface area (Å²) in [5.41, 5.74) is 0.872. The highest BCUT2D eigenvalue weighted by atomic mass is 19.4. The van der Waals surface area contributed by atoms with Crippen LogP contribution >= 0.6 is 0 Å². The van der Waals surface area contributed by atoms with Gasteiger partial charge in [-0.3, -0.25) is 4.90 Å². The van der Waals surface area contributed by atoms with Crippen LogP contribution in [0.1, 0.15) is 31.4 Å². The van der Waals surface area contributed by atoms with E-state index in [-0.39, 0.29) is 12.5 Å². The molecule has 1 heterocycles. The van der Waals surface area contributed by atoms with Crippen LogP contribution in [0.4, 0.5) is 13.2 Å². The summed E-state index contributed by atoms with van der Waals surface area (Å²) < 4.78 is 39.7. The molecule has 0 aromatic heterocycles. The fourth-order valence-electron chi connectivity index (χ4n) is 2.81. The lowest BCUT2D eigenvalue weighted by molar-refractivity contribution is -0.200. The summed E-state index contributed by atoms with van der Waals surface area (Å²) in [4.78, 5) is 1.48. The summed E-state index contributed by atoms with van der Waals surface area (Å²) in [5.74, 6) is -0.499. The summed E-state index contributed by atoms with van der Waals surface area (Å²) in [7, 11) is 0. The molecule has 0 aliphatic carbocycles. The zero-order valence-corrected chi connectivity index (χ0v) is 11.3. The summed E-state index contributed by atoms with van der Waals surface area (Å²) in [6.45, 7) is 2.10. The van der Waals surface area contributed by atoms with Gasteiger partial charge in [-0.1, -0.05) is 30.3 Å². The number of halogens is 3. The standard InChI is InChI=1S/C15H17F3N2/c1-11(13-5-3-2-4-6-13)20-8-7-12(10-19)9-14(20)15(16,17)18/h2-6,11-12,14H,7-9H2,1H3/t11-,12?,14-/m1/s1. The molecule has 1 saturated heterocycles. The van der Waals surface area contributed by atoms with Crippen LogP contribution in [0.5, 0.6) is 0 Å². The van der Waals surface area contributed by atoms with Gasteiger partial charge in [0, 0.05) is 18.5 Å². The molecule has 2 rings (SSSR count). The molecule has 0 N–H and O–H groups in total. The molecular formula is C15H17F3N2. The van der Waals surface area contributed by atoms with Gasteiger partial charge in [-0.15, -0.1) is 0 Å². The van der Waals surface area contributed by atoms with Crippen LogP contribution in [0.3, 0.4) is 0 Å². The van der Waals surface area contributed by atoms with Gasteiger partial charge in [-0.2, -0.15) is 18.4 Å². The number of likely N-dealkylation sites (tertiary alicyclic amines) is 1. The molecule has 0 radical (unpaired) electrons. The average molecular weight is 282 g/mol. The molecule has 0 spiro atoms. The lowest BCUT2D eigenvalue weighted by Crippen LogP contribution is -2.51. The molecule has 3 atom stereocenters. The van der Waals surface area contributed by atoms with Crippen molar-refractivity contribution in [3.63, 3.8) is 0 Å². The molecule has 5 heteroatoms. The third-order valence-electron chi connectivity index (χ3n) is 3.98. The molecule has 20 heavy (non-hydrogen) atoms. The number of hydrogen-bond acceptors (Lipinski definition) is 2. The summed E-state index contributed by atoms with van der Waals surface area (Å²) >= 11 is 0. The molecule has 0 saturated carbocycles. The first-order chi connectivity index (χ1) is 9.43. The molecule has 1 aromatic carbocycles. The van der Waals surface area contributed by atoms with Crippen LogP contribution in [0, 0.1) is 17.2 Å². The Balaban J connectivity index is 2.23. The molecular weight excluding hydrogens is 265 g/mol. The van der Waals surface area contributed by atoms with Crippen molar-refractivity contribution < 1.29 is 13.2 Å². The Morgan fingerprint density at radius 1 is 1.30 bits per heavy atom. The third-order valence-corrected chi connectivity index (χ3v) is 3.98. The van der Waals surface area contributed by atoms with Gasteiger partial charge in [0.25, 0.3) is 0 Å². The normalized spacial score (nSPS) is 25.9. The van der Waals surface area contributed by atoms with Crippen molar-refractivity contribution in [2.24, 2.45) is 5.92 Å². The van der Waals surface area contributed by atoms with Gasteiger partial charge in [0.1, 0.15) is 6.04 Å². The third kappa shape index (κ3) is 3.13. The number of nitrogens with zero attached hydrogens (tertiary/aromatic N) is 2. The molecule has 1 unspecified atom stereocenters. The SMILES string of the molecule is C[C@H](c1ccccc1)N1CCC(C#N)C[C@@H]1C(F)(F)F. The lowest BCUT2D eigenvalue weighted by atomic mass is 9.89. The van der Waals surface area contributed by atoms with Crippen LogP contribution in [0.2, 0.25) is 0 Å². The Hall–Kier alpha value is -1.54. The second-order valence-electron chi connectivity index (χ2n) is 5.23. The molecule has 2 nitrogen and oxygen atoms in total. The maximum atomic E-state index is 13.2.